The zero-order valence-electron chi connectivity index (χ0n) is 14.9. The normalized spacial score (nSPS) is 10.4. The van der Waals surface area contributed by atoms with Crippen molar-refractivity contribution in [2.45, 2.75) is 40.5 Å². The van der Waals surface area contributed by atoms with Crippen LogP contribution in [0.3, 0.4) is 0 Å². The molecule has 2 N–H and O–H groups in total. The summed E-state index contributed by atoms with van der Waals surface area (Å²) in [6.07, 6.45) is 1.81. The van der Waals surface area contributed by atoms with Crippen molar-refractivity contribution in [2.24, 2.45) is 0 Å². The van der Waals surface area contributed by atoms with Crippen LogP contribution in [0.2, 0.25) is 0 Å². The minimum atomic E-state index is -0.426. The Bertz CT molecular complexity index is 771. The van der Waals surface area contributed by atoms with Gasteiger partial charge in [-0.25, -0.2) is 4.98 Å². The number of amides is 2. The minimum Gasteiger partial charge on any atom is -0.483 e. The Labute approximate surface area is 151 Å². The Hall–Kier alpha value is -2.41. The number of aromatic nitrogens is 1. The summed E-state index contributed by atoms with van der Waals surface area (Å²) >= 11 is 1.35. The molecule has 6 nitrogen and oxygen atoms in total. The lowest BCUT2D eigenvalue weighted by Gasteiger charge is -2.10. The summed E-state index contributed by atoms with van der Waals surface area (Å²) in [5.74, 6) is -0.133. The number of hydrogen-bond donors (Lipinski definition) is 2. The predicted octanol–water partition coefficient (Wildman–Crippen LogP) is 2.86. The highest BCUT2D eigenvalue weighted by molar-refractivity contribution is 7.13. The molecule has 2 aromatic rings. The molecule has 0 radical (unpaired) electrons. The van der Waals surface area contributed by atoms with E-state index >= 15 is 0 Å². The smallest absolute Gasteiger partial charge is 0.281 e. The summed E-state index contributed by atoms with van der Waals surface area (Å²) in [5, 5.41) is 0.926. The number of aryl methyl sites for hydroxylation is 4. The van der Waals surface area contributed by atoms with Crippen molar-refractivity contribution >= 4 is 23.2 Å². The number of ether oxygens (including phenoxy) is 1. The number of benzene rings is 1. The number of carbonyl (C=O) groups excluding carboxylic acids is 2. The van der Waals surface area contributed by atoms with Crippen LogP contribution < -0.4 is 15.6 Å². The van der Waals surface area contributed by atoms with Crippen LogP contribution >= 0.6 is 11.3 Å². The lowest BCUT2D eigenvalue weighted by atomic mass is 10.1. The van der Waals surface area contributed by atoms with E-state index in [0.29, 0.717) is 16.3 Å². The molecule has 7 heteroatoms. The predicted molar refractivity (Wildman–Crippen MR) is 97.9 cm³/mol. The van der Waals surface area contributed by atoms with Gasteiger partial charge in [0, 0.05) is 0 Å². The average Bonchev–Trinajstić information content (AvgIpc) is 2.94. The number of hydrogen-bond acceptors (Lipinski definition) is 5. The molecule has 25 heavy (non-hydrogen) atoms. The second-order valence-corrected chi connectivity index (χ2v) is 6.92. The average molecular weight is 361 g/mol. The zero-order valence-corrected chi connectivity index (χ0v) is 15.8. The summed E-state index contributed by atoms with van der Waals surface area (Å²) in [6.45, 7) is 7.54. The molecular weight excluding hydrogens is 338 g/mol. The zero-order chi connectivity index (χ0) is 18.4. The van der Waals surface area contributed by atoms with Crippen LogP contribution in [0.25, 0.3) is 0 Å². The van der Waals surface area contributed by atoms with Gasteiger partial charge < -0.3 is 4.74 Å². The van der Waals surface area contributed by atoms with Gasteiger partial charge in [-0.1, -0.05) is 19.1 Å². The van der Waals surface area contributed by atoms with Gasteiger partial charge in [0.1, 0.15) is 10.6 Å². The highest BCUT2D eigenvalue weighted by atomic mass is 32.1. The monoisotopic (exact) mass is 361 g/mol. The lowest BCUT2D eigenvalue weighted by molar-refractivity contribution is -0.123. The quantitative estimate of drug-likeness (QED) is 0.776. The number of hydrazine groups is 1. The Morgan fingerprint density at radius 1 is 1.20 bits per heavy atom. The van der Waals surface area contributed by atoms with E-state index in [1.54, 1.807) is 6.92 Å². The van der Waals surface area contributed by atoms with Crippen LogP contribution in [0, 0.1) is 20.8 Å². The SMILES string of the molecule is CCCc1nc(C)c(C(=O)NNC(=O)COc2cc(C)ccc2C)s1. The molecule has 0 saturated heterocycles. The molecule has 0 fully saturated rings. The molecule has 0 bridgehead atoms. The van der Waals surface area contributed by atoms with Crippen molar-refractivity contribution in [3.63, 3.8) is 0 Å². The molecule has 0 spiro atoms. The van der Waals surface area contributed by atoms with E-state index < -0.39 is 5.91 Å². The first-order valence-electron chi connectivity index (χ1n) is 8.16. The molecule has 1 aromatic heterocycles. The maximum absolute atomic E-state index is 12.2. The van der Waals surface area contributed by atoms with Gasteiger partial charge in [0.05, 0.1) is 10.7 Å². The third kappa shape index (κ3) is 5.29. The van der Waals surface area contributed by atoms with Crippen molar-refractivity contribution in [3.8, 4) is 5.75 Å². The summed E-state index contributed by atoms with van der Waals surface area (Å²) < 4.78 is 5.50. The molecule has 0 atom stereocenters. The molecule has 0 aliphatic rings. The minimum absolute atomic E-state index is 0.173. The van der Waals surface area contributed by atoms with Crippen molar-refractivity contribution < 1.29 is 14.3 Å². The number of rotatable bonds is 6. The van der Waals surface area contributed by atoms with Gasteiger partial charge in [0.15, 0.2) is 6.61 Å². The summed E-state index contributed by atoms with van der Waals surface area (Å²) in [5.41, 5.74) is 7.46. The first-order valence-corrected chi connectivity index (χ1v) is 8.98. The Morgan fingerprint density at radius 3 is 2.68 bits per heavy atom. The molecule has 0 aliphatic heterocycles. The Morgan fingerprint density at radius 2 is 1.96 bits per heavy atom. The van der Waals surface area contributed by atoms with E-state index in [-0.39, 0.29) is 12.5 Å². The second kappa shape index (κ2) is 8.62. The van der Waals surface area contributed by atoms with Gasteiger partial charge in [0.25, 0.3) is 11.8 Å². The van der Waals surface area contributed by atoms with E-state index in [1.807, 2.05) is 32.0 Å². The number of nitrogens with zero attached hydrogens (tertiary/aromatic N) is 1. The lowest BCUT2D eigenvalue weighted by Crippen LogP contribution is -2.43. The Balaban J connectivity index is 1.85. The highest BCUT2D eigenvalue weighted by Gasteiger charge is 2.15. The fraction of sp³-hybridized carbons (Fsp3) is 0.389. The van der Waals surface area contributed by atoms with E-state index in [4.69, 9.17) is 4.74 Å². The van der Waals surface area contributed by atoms with E-state index in [2.05, 4.69) is 22.8 Å². The van der Waals surface area contributed by atoms with E-state index in [1.165, 1.54) is 11.3 Å². The van der Waals surface area contributed by atoms with Gasteiger partial charge >= 0.3 is 0 Å². The van der Waals surface area contributed by atoms with E-state index in [0.717, 1.165) is 29.0 Å². The second-order valence-electron chi connectivity index (χ2n) is 5.83. The van der Waals surface area contributed by atoms with Crippen LogP contribution in [0.1, 0.15) is 44.8 Å². The molecule has 0 saturated carbocycles. The number of carbonyl (C=O) groups is 2. The largest absolute Gasteiger partial charge is 0.483 e. The summed E-state index contributed by atoms with van der Waals surface area (Å²) in [6, 6.07) is 5.79. The van der Waals surface area contributed by atoms with E-state index in [9.17, 15) is 9.59 Å². The van der Waals surface area contributed by atoms with Crippen molar-refractivity contribution in [1.29, 1.82) is 0 Å². The van der Waals surface area contributed by atoms with Crippen molar-refractivity contribution in [1.82, 2.24) is 15.8 Å². The highest BCUT2D eigenvalue weighted by Crippen LogP contribution is 2.19. The first kappa shape index (κ1) is 18.9. The standard InChI is InChI=1S/C18H23N3O3S/c1-5-6-16-19-13(4)17(25-16)18(23)21-20-15(22)10-24-14-9-11(2)7-8-12(14)3/h7-9H,5-6,10H2,1-4H3,(H,20,22)(H,21,23). The summed E-state index contributed by atoms with van der Waals surface area (Å²) in [7, 11) is 0. The van der Waals surface area contributed by atoms with Crippen LogP contribution in [0.5, 0.6) is 5.75 Å². The molecule has 1 aromatic carbocycles. The maximum Gasteiger partial charge on any atom is 0.281 e. The third-order valence-electron chi connectivity index (χ3n) is 3.53. The molecule has 134 valence electrons. The first-order chi connectivity index (χ1) is 11.9. The van der Waals surface area contributed by atoms with Crippen molar-refractivity contribution in [3.05, 3.63) is 44.9 Å². The third-order valence-corrected chi connectivity index (χ3v) is 4.74. The molecular formula is C18H23N3O3S. The number of thiazole rings is 1. The molecule has 1 heterocycles. The van der Waals surface area contributed by atoms with Gasteiger partial charge in [-0.05, 0) is 50.8 Å². The van der Waals surface area contributed by atoms with Gasteiger partial charge in [-0.2, -0.15) is 0 Å². The Kier molecular flexibility index (Phi) is 6.52. The fourth-order valence-corrected chi connectivity index (χ4v) is 3.27. The maximum atomic E-state index is 12.2. The van der Waals surface area contributed by atoms with Crippen LogP contribution in [-0.2, 0) is 11.2 Å². The summed E-state index contributed by atoms with van der Waals surface area (Å²) in [4.78, 5) is 28.9. The van der Waals surface area contributed by atoms with Crippen LogP contribution in [0.15, 0.2) is 18.2 Å². The fourth-order valence-electron chi connectivity index (χ4n) is 2.21. The molecule has 0 aliphatic carbocycles. The van der Waals surface area contributed by atoms with Gasteiger partial charge in [-0.15, -0.1) is 11.3 Å². The molecule has 2 rings (SSSR count). The topological polar surface area (TPSA) is 80.3 Å². The van der Waals surface area contributed by atoms with Crippen LogP contribution in [-0.4, -0.2) is 23.4 Å². The van der Waals surface area contributed by atoms with Gasteiger partial charge in [-0.3, -0.25) is 20.4 Å². The number of nitrogens with one attached hydrogen (secondary N) is 2. The molecule has 2 amide bonds. The van der Waals surface area contributed by atoms with Crippen LogP contribution in [0.4, 0.5) is 0 Å². The van der Waals surface area contributed by atoms with Gasteiger partial charge in [0.2, 0.25) is 0 Å². The van der Waals surface area contributed by atoms with Crippen molar-refractivity contribution in [2.75, 3.05) is 6.61 Å². The molecule has 0 unspecified atom stereocenters.